The van der Waals surface area contributed by atoms with Gasteiger partial charge in [-0.1, -0.05) is 30.3 Å². The van der Waals surface area contributed by atoms with Gasteiger partial charge in [0.05, 0.1) is 18.9 Å². The van der Waals surface area contributed by atoms with Gasteiger partial charge in [-0.2, -0.15) is 0 Å². The standard InChI is InChI=1S/C27H35N7O6/c28-19(13-18-14-29-16-31-18)25(37)34-11-5-9-22(34)26(38)33-10-4-8-21(33)24(36)30-15-23(35)32-20(27(39)40)12-17-6-2-1-3-7-17/h1-3,6-7,14,16,19-22H,4-5,8-13,15,28H2,(H,29,31)(H,30,36)(H,32,35)(H,39,40). The van der Waals surface area contributed by atoms with Crippen LogP contribution in [0.4, 0.5) is 0 Å². The first-order chi connectivity index (χ1) is 19.2. The Balaban J connectivity index is 1.31. The van der Waals surface area contributed by atoms with Gasteiger partial charge in [0, 0.05) is 37.8 Å². The third-order valence-electron chi connectivity index (χ3n) is 7.31. The average molecular weight is 554 g/mol. The molecule has 3 heterocycles. The van der Waals surface area contributed by atoms with Gasteiger partial charge in [-0.15, -0.1) is 0 Å². The predicted octanol–water partition coefficient (Wildman–Crippen LogP) is -0.810. The van der Waals surface area contributed by atoms with E-state index in [4.69, 9.17) is 5.73 Å². The molecule has 214 valence electrons. The SMILES string of the molecule is NC(Cc1cnc[nH]1)C(=O)N1CCCC1C(=O)N1CCCC1C(=O)NCC(=O)NC(Cc1ccccc1)C(=O)O. The molecule has 1 aromatic heterocycles. The van der Waals surface area contributed by atoms with Gasteiger partial charge in [-0.25, -0.2) is 9.78 Å². The normalized spacial score (nSPS) is 20.1. The number of aliphatic carboxylic acids is 1. The van der Waals surface area contributed by atoms with Crippen molar-refractivity contribution < 1.29 is 29.1 Å². The van der Waals surface area contributed by atoms with Crippen LogP contribution in [-0.4, -0.2) is 98.3 Å². The number of imidazole rings is 1. The molecule has 2 aliphatic rings. The van der Waals surface area contributed by atoms with Gasteiger partial charge in [0.2, 0.25) is 23.6 Å². The molecular formula is C27H35N7O6. The van der Waals surface area contributed by atoms with Crippen molar-refractivity contribution in [3.63, 3.8) is 0 Å². The largest absolute Gasteiger partial charge is 0.480 e. The number of H-pyrrole nitrogens is 1. The summed E-state index contributed by atoms with van der Waals surface area (Å²) in [5, 5.41) is 14.5. The number of carboxylic acids is 1. The van der Waals surface area contributed by atoms with Gasteiger partial charge >= 0.3 is 5.97 Å². The summed E-state index contributed by atoms with van der Waals surface area (Å²) in [6.07, 6.45) is 5.62. The maximum atomic E-state index is 13.5. The Kier molecular flexibility index (Phi) is 9.48. The third kappa shape index (κ3) is 7.03. The molecule has 2 aliphatic heterocycles. The van der Waals surface area contributed by atoms with E-state index in [2.05, 4.69) is 20.6 Å². The molecule has 40 heavy (non-hydrogen) atoms. The van der Waals surface area contributed by atoms with Crippen LogP contribution in [0.25, 0.3) is 0 Å². The number of hydrogen-bond donors (Lipinski definition) is 5. The second-order valence-electron chi connectivity index (χ2n) is 10.1. The maximum Gasteiger partial charge on any atom is 0.326 e. The first kappa shape index (κ1) is 28.7. The van der Waals surface area contributed by atoms with Crippen LogP contribution in [-0.2, 0) is 36.8 Å². The fraction of sp³-hybridized carbons (Fsp3) is 0.481. The van der Waals surface area contributed by atoms with Gasteiger partial charge in [0.25, 0.3) is 0 Å². The molecule has 0 aliphatic carbocycles. The van der Waals surface area contributed by atoms with Gasteiger partial charge in [0.15, 0.2) is 0 Å². The molecule has 4 atom stereocenters. The number of nitrogens with zero attached hydrogens (tertiary/aromatic N) is 3. The molecule has 4 unspecified atom stereocenters. The fourth-order valence-corrected chi connectivity index (χ4v) is 5.30. The molecule has 0 radical (unpaired) electrons. The van der Waals surface area contributed by atoms with Gasteiger partial charge in [-0.3, -0.25) is 19.2 Å². The van der Waals surface area contributed by atoms with Gasteiger partial charge in [-0.05, 0) is 31.2 Å². The van der Waals surface area contributed by atoms with Gasteiger partial charge in [0.1, 0.15) is 18.1 Å². The van der Waals surface area contributed by atoms with Gasteiger partial charge < -0.3 is 36.3 Å². The molecule has 2 aromatic rings. The number of likely N-dealkylation sites (tertiary alicyclic amines) is 2. The average Bonchev–Trinajstić information content (AvgIpc) is 3.73. The highest BCUT2D eigenvalue weighted by atomic mass is 16.4. The Morgan fingerprint density at radius 3 is 2.40 bits per heavy atom. The lowest BCUT2D eigenvalue weighted by molar-refractivity contribution is -0.147. The Morgan fingerprint density at radius 1 is 1.02 bits per heavy atom. The molecule has 4 rings (SSSR count). The van der Waals surface area contributed by atoms with Crippen LogP contribution in [0.3, 0.4) is 0 Å². The summed E-state index contributed by atoms with van der Waals surface area (Å²) in [7, 11) is 0. The van der Waals surface area contributed by atoms with Crippen molar-refractivity contribution in [2.24, 2.45) is 5.73 Å². The van der Waals surface area contributed by atoms with Crippen LogP contribution in [0.5, 0.6) is 0 Å². The summed E-state index contributed by atoms with van der Waals surface area (Å²) in [4.78, 5) is 73.5. The lowest BCUT2D eigenvalue weighted by Crippen LogP contribution is -2.56. The maximum absolute atomic E-state index is 13.5. The summed E-state index contributed by atoms with van der Waals surface area (Å²) >= 11 is 0. The zero-order valence-electron chi connectivity index (χ0n) is 22.1. The van der Waals surface area contributed by atoms with Crippen molar-refractivity contribution in [2.45, 2.75) is 62.7 Å². The zero-order chi connectivity index (χ0) is 28.6. The molecule has 2 fully saturated rings. The number of carbonyl (C=O) groups excluding carboxylic acids is 4. The highest BCUT2D eigenvalue weighted by Gasteiger charge is 2.43. The minimum Gasteiger partial charge on any atom is -0.480 e. The number of aromatic nitrogens is 2. The monoisotopic (exact) mass is 553 g/mol. The summed E-state index contributed by atoms with van der Waals surface area (Å²) in [5.41, 5.74) is 7.61. The molecule has 1 aromatic carbocycles. The lowest BCUT2D eigenvalue weighted by Gasteiger charge is -2.32. The Labute approximate surface area is 231 Å². The van der Waals surface area contributed by atoms with E-state index in [0.29, 0.717) is 38.8 Å². The van der Waals surface area contributed by atoms with E-state index in [0.717, 1.165) is 11.3 Å². The minimum atomic E-state index is -1.18. The summed E-state index contributed by atoms with van der Waals surface area (Å²) in [5.74, 6) is -2.97. The van der Waals surface area contributed by atoms with E-state index in [1.165, 1.54) is 16.1 Å². The molecule has 4 amide bonds. The Bertz CT molecular complexity index is 1210. The van der Waals surface area contributed by atoms with Crippen molar-refractivity contribution >= 4 is 29.6 Å². The Hall–Kier alpha value is -4.26. The highest BCUT2D eigenvalue weighted by molar-refractivity contribution is 5.95. The molecule has 13 heteroatoms. The first-order valence-corrected chi connectivity index (χ1v) is 13.4. The van der Waals surface area contributed by atoms with Crippen molar-refractivity contribution in [1.29, 1.82) is 0 Å². The van der Waals surface area contributed by atoms with Crippen molar-refractivity contribution in [2.75, 3.05) is 19.6 Å². The molecule has 0 saturated carbocycles. The van der Waals surface area contributed by atoms with E-state index in [-0.39, 0.29) is 24.7 Å². The number of carboxylic acid groups (broad SMARTS) is 1. The molecule has 2 saturated heterocycles. The van der Waals surface area contributed by atoms with Crippen LogP contribution in [0, 0.1) is 0 Å². The highest BCUT2D eigenvalue weighted by Crippen LogP contribution is 2.25. The number of rotatable bonds is 11. The fourth-order valence-electron chi connectivity index (χ4n) is 5.30. The van der Waals surface area contributed by atoms with E-state index in [1.807, 2.05) is 6.07 Å². The number of benzene rings is 1. The van der Waals surface area contributed by atoms with Crippen LogP contribution in [0.15, 0.2) is 42.9 Å². The first-order valence-electron chi connectivity index (χ1n) is 13.4. The quantitative estimate of drug-likeness (QED) is 0.239. The van der Waals surface area contributed by atoms with E-state index >= 15 is 0 Å². The Morgan fingerprint density at radius 2 is 1.73 bits per heavy atom. The number of aromatic amines is 1. The zero-order valence-corrected chi connectivity index (χ0v) is 22.1. The lowest BCUT2D eigenvalue weighted by atomic mass is 10.1. The minimum absolute atomic E-state index is 0.100. The molecule has 0 bridgehead atoms. The van der Waals surface area contributed by atoms with Crippen LogP contribution in [0.2, 0.25) is 0 Å². The van der Waals surface area contributed by atoms with Crippen LogP contribution < -0.4 is 16.4 Å². The van der Waals surface area contributed by atoms with E-state index < -0.39 is 48.5 Å². The topological polar surface area (TPSA) is 191 Å². The van der Waals surface area contributed by atoms with Crippen LogP contribution in [0.1, 0.15) is 36.9 Å². The number of nitrogens with one attached hydrogen (secondary N) is 3. The summed E-state index contributed by atoms with van der Waals surface area (Å²) in [6, 6.07) is 5.43. The van der Waals surface area contributed by atoms with Crippen molar-refractivity contribution in [3.8, 4) is 0 Å². The second-order valence-corrected chi connectivity index (χ2v) is 10.1. The van der Waals surface area contributed by atoms with E-state index in [9.17, 15) is 29.1 Å². The number of amides is 4. The number of carbonyl (C=O) groups is 5. The van der Waals surface area contributed by atoms with Crippen molar-refractivity contribution in [1.82, 2.24) is 30.4 Å². The predicted molar refractivity (Wildman–Crippen MR) is 142 cm³/mol. The molecular weight excluding hydrogens is 518 g/mol. The molecule has 13 nitrogen and oxygen atoms in total. The number of nitrogens with two attached hydrogens (primary N) is 1. The smallest absolute Gasteiger partial charge is 0.326 e. The van der Waals surface area contributed by atoms with Crippen LogP contribution >= 0.6 is 0 Å². The summed E-state index contributed by atoms with van der Waals surface area (Å²) < 4.78 is 0. The molecule has 0 spiro atoms. The summed E-state index contributed by atoms with van der Waals surface area (Å²) in [6.45, 7) is 0.344. The number of hydrogen-bond acceptors (Lipinski definition) is 7. The third-order valence-corrected chi connectivity index (χ3v) is 7.31. The second kappa shape index (κ2) is 13.2. The van der Waals surface area contributed by atoms with Crippen molar-refractivity contribution in [3.05, 3.63) is 54.1 Å². The molecule has 6 N–H and O–H groups in total. The van der Waals surface area contributed by atoms with E-state index in [1.54, 1.807) is 30.5 Å².